The lowest BCUT2D eigenvalue weighted by atomic mass is 9.99. The van der Waals surface area contributed by atoms with Gasteiger partial charge in [-0.25, -0.2) is 9.48 Å². The Balaban J connectivity index is 1.56. The molecule has 4 rings (SSSR count). The number of rotatable bonds is 3. The molecular weight excluding hydrogens is 332 g/mol. The van der Waals surface area contributed by atoms with Gasteiger partial charge in [0, 0.05) is 31.1 Å². The number of aromatic nitrogens is 2. The molecule has 1 saturated heterocycles. The number of para-hydroxylation sites is 1. The molecule has 2 amide bonds. The predicted octanol–water partition coefficient (Wildman–Crippen LogP) is 2.40. The summed E-state index contributed by atoms with van der Waals surface area (Å²) in [6, 6.07) is 9.72. The summed E-state index contributed by atoms with van der Waals surface area (Å²) in [7, 11) is 1.39. The van der Waals surface area contributed by atoms with Crippen LogP contribution in [0.2, 0.25) is 0 Å². The van der Waals surface area contributed by atoms with Gasteiger partial charge in [0.25, 0.3) is 5.91 Å². The molecule has 26 heavy (non-hydrogen) atoms. The molecule has 2 aromatic rings. The predicted molar refractivity (Wildman–Crippen MR) is 95.2 cm³/mol. The molecule has 0 radical (unpaired) electrons. The van der Waals surface area contributed by atoms with E-state index >= 15 is 0 Å². The monoisotopic (exact) mass is 354 g/mol. The molecule has 0 aliphatic carbocycles. The SMILES string of the molecule is COC(=O)N1CC(CN2C(=O)c3c(c(C)nn3-c3ccccc3)C2C)C1. The molecule has 3 heterocycles. The van der Waals surface area contributed by atoms with Crippen molar-refractivity contribution < 1.29 is 14.3 Å². The number of likely N-dealkylation sites (tertiary alicyclic amines) is 1. The molecule has 1 unspecified atom stereocenters. The van der Waals surface area contributed by atoms with Gasteiger partial charge in [-0.15, -0.1) is 0 Å². The molecule has 1 aromatic heterocycles. The molecule has 1 aromatic carbocycles. The van der Waals surface area contributed by atoms with Crippen LogP contribution in [0.3, 0.4) is 0 Å². The number of methoxy groups -OCH3 is 1. The highest BCUT2D eigenvalue weighted by molar-refractivity contribution is 5.98. The minimum atomic E-state index is -0.305. The van der Waals surface area contributed by atoms with Crippen molar-refractivity contribution in [2.45, 2.75) is 19.9 Å². The molecule has 136 valence electrons. The summed E-state index contributed by atoms with van der Waals surface area (Å²) in [4.78, 5) is 28.2. The van der Waals surface area contributed by atoms with Crippen LogP contribution in [-0.4, -0.2) is 58.3 Å². The number of aryl methyl sites for hydroxylation is 1. The molecule has 2 aliphatic heterocycles. The lowest BCUT2D eigenvalue weighted by molar-refractivity contribution is 0.0408. The third kappa shape index (κ3) is 2.46. The van der Waals surface area contributed by atoms with Crippen molar-refractivity contribution in [2.24, 2.45) is 5.92 Å². The fraction of sp³-hybridized carbons (Fsp3) is 0.421. The number of fused-ring (bicyclic) bond motifs is 1. The van der Waals surface area contributed by atoms with Crippen molar-refractivity contribution in [3.05, 3.63) is 47.3 Å². The van der Waals surface area contributed by atoms with E-state index in [9.17, 15) is 9.59 Å². The Morgan fingerprint density at radius 2 is 1.96 bits per heavy atom. The van der Waals surface area contributed by atoms with Gasteiger partial charge in [0.05, 0.1) is 24.5 Å². The number of amides is 2. The molecule has 0 spiro atoms. The summed E-state index contributed by atoms with van der Waals surface area (Å²) < 4.78 is 6.48. The zero-order valence-electron chi connectivity index (χ0n) is 15.2. The van der Waals surface area contributed by atoms with E-state index in [1.54, 1.807) is 9.58 Å². The number of carbonyl (C=O) groups is 2. The van der Waals surface area contributed by atoms with Crippen molar-refractivity contribution in [1.82, 2.24) is 19.6 Å². The van der Waals surface area contributed by atoms with Gasteiger partial charge in [0.2, 0.25) is 0 Å². The molecule has 2 aliphatic rings. The highest BCUT2D eigenvalue weighted by atomic mass is 16.5. The second-order valence-corrected chi connectivity index (χ2v) is 6.97. The lowest BCUT2D eigenvalue weighted by Crippen LogP contribution is -2.54. The van der Waals surface area contributed by atoms with E-state index in [0.717, 1.165) is 16.9 Å². The van der Waals surface area contributed by atoms with Gasteiger partial charge >= 0.3 is 6.09 Å². The average Bonchev–Trinajstić information content (AvgIpc) is 3.08. The first-order valence-corrected chi connectivity index (χ1v) is 8.80. The van der Waals surface area contributed by atoms with Crippen LogP contribution in [0.15, 0.2) is 30.3 Å². The van der Waals surface area contributed by atoms with E-state index in [1.165, 1.54) is 7.11 Å². The standard InChI is InChI=1S/C19H22N4O3/c1-12-16-13(2)22(11-14-9-21(10-14)19(25)26-3)18(24)17(16)23(20-12)15-7-5-4-6-8-15/h4-8,13-14H,9-11H2,1-3H3. The van der Waals surface area contributed by atoms with E-state index in [4.69, 9.17) is 4.74 Å². The van der Waals surface area contributed by atoms with E-state index in [0.29, 0.717) is 25.3 Å². The first kappa shape index (κ1) is 16.6. The molecule has 0 saturated carbocycles. The molecule has 1 atom stereocenters. The quantitative estimate of drug-likeness (QED) is 0.849. The lowest BCUT2D eigenvalue weighted by Gasteiger charge is -2.40. The second kappa shape index (κ2) is 6.16. The summed E-state index contributed by atoms with van der Waals surface area (Å²) in [6.45, 7) is 5.89. The van der Waals surface area contributed by atoms with Crippen LogP contribution in [0.4, 0.5) is 4.79 Å². The van der Waals surface area contributed by atoms with Gasteiger partial charge in [-0.1, -0.05) is 18.2 Å². The molecule has 0 bridgehead atoms. The Kier molecular flexibility index (Phi) is 3.94. The van der Waals surface area contributed by atoms with Gasteiger partial charge < -0.3 is 14.5 Å². The molecule has 7 heteroatoms. The smallest absolute Gasteiger partial charge is 0.409 e. The summed E-state index contributed by atoms with van der Waals surface area (Å²) in [5.41, 5.74) is 3.44. The maximum absolute atomic E-state index is 13.1. The van der Waals surface area contributed by atoms with Crippen molar-refractivity contribution in [3.63, 3.8) is 0 Å². The summed E-state index contributed by atoms with van der Waals surface area (Å²) in [5.74, 6) is 0.288. The number of hydrogen-bond donors (Lipinski definition) is 0. The van der Waals surface area contributed by atoms with Crippen LogP contribution in [-0.2, 0) is 4.74 Å². The molecule has 1 fully saturated rings. The normalized spacial score (nSPS) is 19.5. The average molecular weight is 354 g/mol. The third-order valence-corrected chi connectivity index (χ3v) is 5.30. The van der Waals surface area contributed by atoms with Gasteiger partial charge in [0.1, 0.15) is 5.69 Å². The summed E-state index contributed by atoms with van der Waals surface area (Å²) >= 11 is 0. The highest BCUT2D eigenvalue weighted by Crippen LogP contribution is 2.37. The van der Waals surface area contributed by atoms with Gasteiger partial charge in [-0.05, 0) is 26.0 Å². The maximum Gasteiger partial charge on any atom is 0.409 e. The fourth-order valence-corrected chi connectivity index (χ4v) is 3.95. The van der Waals surface area contributed by atoms with E-state index < -0.39 is 0 Å². The first-order valence-electron chi connectivity index (χ1n) is 8.80. The number of nitrogens with zero attached hydrogens (tertiary/aromatic N) is 4. The largest absolute Gasteiger partial charge is 0.453 e. The Bertz CT molecular complexity index is 855. The molecule has 7 nitrogen and oxygen atoms in total. The fourth-order valence-electron chi connectivity index (χ4n) is 3.95. The van der Waals surface area contributed by atoms with Crippen LogP contribution in [0.5, 0.6) is 0 Å². The van der Waals surface area contributed by atoms with Crippen molar-refractivity contribution in [2.75, 3.05) is 26.7 Å². The topological polar surface area (TPSA) is 67.7 Å². The summed E-state index contributed by atoms with van der Waals surface area (Å²) in [5, 5.41) is 4.60. The van der Waals surface area contributed by atoms with Crippen molar-refractivity contribution in [3.8, 4) is 5.69 Å². The second-order valence-electron chi connectivity index (χ2n) is 6.97. The van der Waals surface area contributed by atoms with Gasteiger partial charge in [-0.3, -0.25) is 4.79 Å². The van der Waals surface area contributed by atoms with Crippen LogP contribution in [0.1, 0.15) is 34.7 Å². The Labute approximate surface area is 152 Å². The zero-order chi connectivity index (χ0) is 18.4. The van der Waals surface area contributed by atoms with Gasteiger partial charge in [0.15, 0.2) is 0 Å². The highest BCUT2D eigenvalue weighted by Gasteiger charge is 2.42. The third-order valence-electron chi connectivity index (χ3n) is 5.30. The Morgan fingerprint density at radius 3 is 2.62 bits per heavy atom. The van der Waals surface area contributed by atoms with E-state index in [2.05, 4.69) is 5.10 Å². The van der Waals surface area contributed by atoms with Crippen molar-refractivity contribution in [1.29, 1.82) is 0 Å². The Hall–Kier alpha value is -2.83. The number of ether oxygens (including phenoxy) is 1. The van der Waals surface area contributed by atoms with Crippen molar-refractivity contribution >= 4 is 12.0 Å². The van der Waals surface area contributed by atoms with Crippen LogP contribution in [0, 0.1) is 12.8 Å². The van der Waals surface area contributed by atoms with Crippen LogP contribution < -0.4 is 0 Å². The molecule has 0 N–H and O–H groups in total. The minimum absolute atomic E-state index is 0.00784. The van der Waals surface area contributed by atoms with Gasteiger partial charge in [-0.2, -0.15) is 5.10 Å². The number of hydrogen-bond acceptors (Lipinski definition) is 4. The van der Waals surface area contributed by atoms with Crippen LogP contribution >= 0.6 is 0 Å². The zero-order valence-corrected chi connectivity index (χ0v) is 15.2. The summed E-state index contributed by atoms with van der Waals surface area (Å²) in [6.07, 6.45) is -0.305. The number of benzene rings is 1. The van der Waals surface area contributed by atoms with E-state index in [1.807, 2.05) is 49.1 Å². The van der Waals surface area contributed by atoms with Crippen LogP contribution in [0.25, 0.3) is 5.69 Å². The minimum Gasteiger partial charge on any atom is -0.453 e. The number of carbonyl (C=O) groups excluding carboxylic acids is 2. The maximum atomic E-state index is 13.1. The molecular formula is C19H22N4O3. The first-order chi connectivity index (χ1) is 12.5. The Morgan fingerprint density at radius 1 is 1.27 bits per heavy atom. The van der Waals surface area contributed by atoms with E-state index in [-0.39, 0.29) is 24.0 Å².